The predicted octanol–water partition coefficient (Wildman–Crippen LogP) is 2.16. The molecule has 0 unspecified atom stereocenters. The summed E-state index contributed by atoms with van der Waals surface area (Å²) in [6.07, 6.45) is 5.65. The largest absolute Gasteiger partial charge is 0.378 e. The fraction of sp³-hybridized carbons (Fsp3) is 0.474. The second-order valence-electron chi connectivity index (χ2n) is 6.72. The van der Waals surface area contributed by atoms with E-state index in [1.165, 1.54) is 0 Å². The summed E-state index contributed by atoms with van der Waals surface area (Å²) in [5.41, 5.74) is 4.07. The first-order chi connectivity index (χ1) is 13.2. The summed E-state index contributed by atoms with van der Waals surface area (Å²) in [6, 6.07) is 4.13. The number of nitrogens with zero attached hydrogens (tertiary/aromatic N) is 6. The number of nitrogens with one attached hydrogen (secondary N) is 1. The SMILES string of the molecule is CCCc1nn(C)c2cnc(NCc3ccnc(N4CCOCC4)c3)nc12. The van der Waals surface area contributed by atoms with Crippen molar-refractivity contribution in [2.24, 2.45) is 7.05 Å². The van der Waals surface area contributed by atoms with Gasteiger partial charge in [-0.2, -0.15) is 5.10 Å². The van der Waals surface area contributed by atoms with Gasteiger partial charge < -0.3 is 15.0 Å². The van der Waals surface area contributed by atoms with E-state index in [2.05, 4.69) is 38.3 Å². The molecule has 0 saturated carbocycles. The van der Waals surface area contributed by atoms with Gasteiger partial charge in [-0.3, -0.25) is 4.68 Å². The number of aromatic nitrogens is 5. The summed E-state index contributed by atoms with van der Waals surface area (Å²) in [7, 11) is 1.93. The van der Waals surface area contributed by atoms with Gasteiger partial charge in [0.25, 0.3) is 0 Å². The summed E-state index contributed by atoms with van der Waals surface area (Å²) in [5, 5.41) is 7.90. The first-order valence-corrected chi connectivity index (χ1v) is 9.44. The zero-order valence-corrected chi connectivity index (χ0v) is 15.9. The highest BCUT2D eigenvalue weighted by Crippen LogP contribution is 2.19. The lowest BCUT2D eigenvalue weighted by Crippen LogP contribution is -2.36. The van der Waals surface area contributed by atoms with Crippen LogP contribution in [0.15, 0.2) is 24.5 Å². The number of morpholine rings is 1. The third-order valence-electron chi connectivity index (χ3n) is 4.74. The smallest absolute Gasteiger partial charge is 0.223 e. The van der Waals surface area contributed by atoms with E-state index in [1.807, 2.05) is 30.2 Å². The first kappa shape index (κ1) is 17.7. The van der Waals surface area contributed by atoms with Crippen LogP contribution in [-0.2, 0) is 24.8 Å². The fourth-order valence-electron chi connectivity index (χ4n) is 3.31. The molecule has 0 radical (unpaired) electrons. The lowest BCUT2D eigenvalue weighted by Gasteiger charge is -2.28. The standard InChI is InChI=1S/C19H25N7O/c1-3-4-15-18-16(25(2)24-15)13-22-19(23-18)21-12-14-5-6-20-17(11-14)26-7-9-27-10-8-26/h5-6,11,13H,3-4,7-10,12H2,1-2H3,(H,21,22,23). The van der Waals surface area contributed by atoms with Crippen LogP contribution < -0.4 is 10.2 Å². The Morgan fingerprint density at radius 3 is 2.89 bits per heavy atom. The normalized spacial score (nSPS) is 14.7. The minimum absolute atomic E-state index is 0.623. The average molecular weight is 367 g/mol. The van der Waals surface area contributed by atoms with Gasteiger partial charge in [-0.15, -0.1) is 0 Å². The first-order valence-electron chi connectivity index (χ1n) is 9.44. The molecule has 8 nitrogen and oxygen atoms in total. The number of anilines is 2. The number of hydrogen-bond donors (Lipinski definition) is 1. The van der Waals surface area contributed by atoms with Crippen LogP contribution in [-0.4, -0.2) is 51.0 Å². The van der Waals surface area contributed by atoms with E-state index in [4.69, 9.17) is 9.72 Å². The van der Waals surface area contributed by atoms with E-state index in [0.29, 0.717) is 12.5 Å². The van der Waals surface area contributed by atoms with Crippen molar-refractivity contribution in [1.82, 2.24) is 24.7 Å². The molecule has 0 aliphatic carbocycles. The van der Waals surface area contributed by atoms with Crippen molar-refractivity contribution >= 4 is 22.8 Å². The Kier molecular flexibility index (Phi) is 5.15. The van der Waals surface area contributed by atoms with Gasteiger partial charge >= 0.3 is 0 Å². The molecule has 1 N–H and O–H groups in total. The molecule has 4 rings (SSSR count). The van der Waals surface area contributed by atoms with Gasteiger partial charge in [0, 0.05) is 32.9 Å². The quantitative estimate of drug-likeness (QED) is 0.715. The zero-order chi connectivity index (χ0) is 18.6. The molecule has 1 saturated heterocycles. The van der Waals surface area contributed by atoms with Crippen LogP contribution in [0, 0.1) is 0 Å². The van der Waals surface area contributed by atoms with Crippen LogP contribution in [0.1, 0.15) is 24.6 Å². The molecular formula is C19H25N7O. The summed E-state index contributed by atoms with van der Waals surface area (Å²) in [5.74, 6) is 1.61. The molecule has 0 atom stereocenters. The number of hydrogen-bond acceptors (Lipinski definition) is 7. The van der Waals surface area contributed by atoms with Crippen molar-refractivity contribution in [3.8, 4) is 0 Å². The highest BCUT2D eigenvalue weighted by Gasteiger charge is 2.13. The molecule has 1 aliphatic heterocycles. The number of aryl methyl sites for hydroxylation is 2. The molecule has 0 spiro atoms. The lowest BCUT2D eigenvalue weighted by molar-refractivity contribution is 0.122. The van der Waals surface area contributed by atoms with Crippen LogP contribution in [0.5, 0.6) is 0 Å². The van der Waals surface area contributed by atoms with E-state index in [0.717, 1.165) is 67.3 Å². The number of fused-ring (bicyclic) bond motifs is 1. The number of rotatable bonds is 6. The van der Waals surface area contributed by atoms with Crippen molar-refractivity contribution in [2.75, 3.05) is 36.5 Å². The molecule has 27 heavy (non-hydrogen) atoms. The van der Waals surface area contributed by atoms with Gasteiger partial charge in [-0.1, -0.05) is 13.3 Å². The average Bonchev–Trinajstić information content (AvgIpc) is 3.03. The van der Waals surface area contributed by atoms with Crippen LogP contribution in [0.4, 0.5) is 11.8 Å². The molecule has 0 amide bonds. The van der Waals surface area contributed by atoms with Gasteiger partial charge in [0.05, 0.1) is 25.1 Å². The minimum Gasteiger partial charge on any atom is -0.378 e. The van der Waals surface area contributed by atoms with Crippen molar-refractivity contribution in [3.05, 3.63) is 35.8 Å². The van der Waals surface area contributed by atoms with Gasteiger partial charge in [0.2, 0.25) is 5.95 Å². The van der Waals surface area contributed by atoms with Crippen LogP contribution >= 0.6 is 0 Å². The third-order valence-corrected chi connectivity index (χ3v) is 4.74. The lowest BCUT2D eigenvalue weighted by atomic mass is 10.2. The van der Waals surface area contributed by atoms with Crippen LogP contribution in [0.2, 0.25) is 0 Å². The summed E-state index contributed by atoms with van der Waals surface area (Å²) in [6.45, 7) is 6.06. The highest BCUT2D eigenvalue weighted by atomic mass is 16.5. The maximum atomic E-state index is 5.42. The monoisotopic (exact) mass is 367 g/mol. The molecule has 1 fully saturated rings. The molecule has 3 aromatic rings. The van der Waals surface area contributed by atoms with Crippen molar-refractivity contribution < 1.29 is 4.74 Å². The van der Waals surface area contributed by atoms with Crippen molar-refractivity contribution in [3.63, 3.8) is 0 Å². The summed E-state index contributed by atoms with van der Waals surface area (Å²) in [4.78, 5) is 15.9. The Hall–Kier alpha value is -2.74. The molecule has 0 aromatic carbocycles. The summed E-state index contributed by atoms with van der Waals surface area (Å²) >= 11 is 0. The minimum atomic E-state index is 0.623. The molecule has 142 valence electrons. The van der Waals surface area contributed by atoms with Gasteiger partial charge in [0.1, 0.15) is 16.9 Å². The molecule has 0 bridgehead atoms. The number of pyridine rings is 1. The molecule has 3 aromatic heterocycles. The topological polar surface area (TPSA) is 81.0 Å². The highest BCUT2D eigenvalue weighted by molar-refractivity contribution is 5.77. The van der Waals surface area contributed by atoms with E-state index in [1.54, 1.807) is 0 Å². The Morgan fingerprint density at radius 1 is 1.22 bits per heavy atom. The maximum Gasteiger partial charge on any atom is 0.223 e. The Labute approximate surface area is 158 Å². The van der Waals surface area contributed by atoms with Crippen LogP contribution in [0.25, 0.3) is 11.0 Å². The summed E-state index contributed by atoms with van der Waals surface area (Å²) < 4.78 is 7.26. The van der Waals surface area contributed by atoms with E-state index in [9.17, 15) is 0 Å². The van der Waals surface area contributed by atoms with Gasteiger partial charge in [0.15, 0.2) is 0 Å². The van der Waals surface area contributed by atoms with E-state index < -0.39 is 0 Å². The van der Waals surface area contributed by atoms with Gasteiger partial charge in [-0.25, -0.2) is 15.0 Å². The Morgan fingerprint density at radius 2 is 2.07 bits per heavy atom. The fourth-order valence-corrected chi connectivity index (χ4v) is 3.31. The maximum absolute atomic E-state index is 5.42. The molecular weight excluding hydrogens is 342 g/mol. The second-order valence-corrected chi connectivity index (χ2v) is 6.72. The Balaban J connectivity index is 1.49. The van der Waals surface area contributed by atoms with Crippen molar-refractivity contribution in [2.45, 2.75) is 26.3 Å². The molecule has 1 aliphatic rings. The second kappa shape index (κ2) is 7.87. The third kappa shape index (κ3) is 3.85. The van der Waals surface area contributed by atoms with E-state index >= 15 is 0 Å². The Bertz CT molecular complexity index is 918. The van der Waals surface area contributed by atoms with Gasteiger partial charge in [-0.05, 0) is 24.1 Å². The zero-order valence-electron chi connectivity index (χ0n) is 15.9. The van der Waals surface area contributed by atoms with E-state index in [-0.39, 0.29) is 0 Å². The van der Waals surface area contributed by atoms with Crippen molar-refractivity contribution in [1.29, 1.82) is 0 Å². The number of ether oxygens (including phenoxy) is 1. The predicted molar refractivity (Wildman–Crippen MR) is 105 cm³/mol. The molecule has 8 heteroatoms. The molecule has 4 heterocycles. The van der Waals surface area contributed by atoms with Crippen LogP contribution in [0.3, 0.4) is 0 Å².